The van der Waals surface area contributed by atoms with Gasteiger partial charge in [-0.25, -0.2) is 17.4 Å². The standard InChI is InChI=1S/C17H20N4O8S2/c1-18-16-8-5-13(11-15(16)17(22)23)20-19-12-3-6-14(7-4-12)21(2)30(24,25)10-9-29-31(26,27)28/h3-8,11,18H,9-10H2,1-2H3,(H,22,23)(H,26,27,28). The molecule has 31 heavy (non-hydrogen) atoms. The van der Waals surface area contributed by atoms with Crippen LogP contribution in [0.1, 0.15) is 10.4 Å². The van der Waals surface area contributed by atoms with E-state index in [1.807, 2.05) is 0 Å². The zero-order chi connectivity index (χ0) is 23.2. The molecule has 0 aliphatic heterocycles. The van der Waals surface area contributed by atoms with E-state index in [1.165, 1.54) is 37.4 Å². The van der Waals surface area contributed by atoms with Crippen molar-refractivity contribution in [3.63, 3.8) is 0 Å². The highest BCUT2D eigenvalue weighted by Gasteiger charge is 2.20. The lowest BCUT2D eigenvalue weighted by Gasteiger charge is -2.19. The van der Waals surface area contributed by atoms with Crippen LogP contribution in [0, 0.1) is 0 Å². The van der Waals surface area contributed by atoms with E-state index in [-0.39, 0.29) is 11.3 Å². The molecule has 0 aliphatic carbocycles. The fraction of sp³-hybridized carbons (Fsp3) is 0.235. The van der Waals surface area contributed by atoms with Crippen molar-refractivity contribution in [2.75, 3.05) is 36.1 Å². The van der Waals surface area contributed by atoms with Gasteiger partial charge in [0, 0.05) is 19.8 Å². The van der Waals surface area contributed by atoms with Crippen LogP contribution < -0.4 is 9.62 Å². The highest BCUT2D eigenvalue weighted by Crippen LogP contribution is 2.26. The third-order valence-electron chi connectivity index (χ3n) is 3.99. The maximum atomic E-state index is 12.2. The van der Waals surface area contributed by atoms with Gasteiger partial charge in [0.05, 0.1) is 35.0 Å². The van der Waals surface area contributed by atoms with Crippen LogP contribution in [-0.2, 0) is 24.6 Å². The van der Waals surface area contributed by atoms with E-state index in [2.05, 4.69) is 19.7 Å². The van der Waals surface area contributed by atoms with Crippen LogP contribution >= 0.6 is 0 Å². The molecule has 0 saturated heterocycles. The van der Waals surface area contributed by atoms with E-state index < -0.39 is 38.8 Å². The number of carbonyl (C=O) groups is 1. The first-order valence-electron chi connectivity index (χ1n) is 8.58. The first kappa shape index (κ1) is 24.2. The molecule has 2 rings (SSSR count). The maximum Gasteiger partial charge on any atom is 0.397 e. The van der Waals surface area contributed by atoms with Gasteiger partial charge in [0.15, 0.2) is 0 Å². The number of nitrogens with one attached hydrogen (secondary N) is 1. The van der Waals surface area contributed by atoms with Gasteiger partial charge in [-0.15, -0.1) is 0 Å². The second-order valence-electron chi connectivity index (χ2n) is 6.03. The zero-order valence-electron chi connectivity index (χ0n) is 16.5. The Bertz CT molecular complexity index is 1180. The Morgan fingerprint density at radius 1 is 1.06 bits per heavy atom. The van der Waals surface area contributed by atoms with Crippen LogP contribution in [0.2, 0.25) is 0 Å². The second-order valence-corrected chi connectivity index (χ2v) is 9.25. The van der Waals surface area contributed by atoms with Crippen LogP contribution in [0.3, 0.4) is 0 Å². The number of carboxylic acid groups (broad SMARTS) is 1. The molecule has 0 bridgehead atoms. The van der Waals surface area contributed by atoms with Gasteiger partial charge in [0.1, 0.15) is 0 Å². The van der Waals surface area contributed by atoms with Gasteiger partial charge in [-0.2, -0.15) is 18.6 Å². The molecule has 0 aliphatic rings. The third kappa shape index (κ3) is 6.99. The van der Waals surface area contributed by atoms with Crippen molar-refractivity contribution in [1.29, 1.82) is 0 Å². The molecule has 0 radical (unpaired) electrons. The lowest BCUT2D eigenvalue weighted by atomic mass is 10.1. The molecule has 0 atom stereocenters. The summed E-state index contributed by atoms with van der Waals surface area (Å²) >= 11 is 0. The molecular formula is C17H20N4O8S2. The largest absolute Gasteiger partial charge is 0.478 e. The van der Waals surface area contributed by atoms with Gasteiger partial charge in [-0.05, 0) is 42.5 Å². The maximum absolute atomic E-state index is 12.2. The number of anilines is 2. The minimum Gasteiger partial charge on any atom is -0.478 e. The molecule has 3 N–H and O–H groups in total. The number of azo groups is 1. The highest BCUT2D eigenvalue weighted by atomic mass is 32.3. The van der Waals surface area contributed by atoms with Gasteiger partial charge >= 0.3 is 16.4 Å². The Kier molecular flexibility index (Phi) is 7.67. The smallest absolute Gasteiger partial charge is 0.397 e. The molecule has 0 saturated carbocycles. The molecule has 168 valence electrons. The fourth-order valence-electron chi connectivity index (χ4n) is 2.38. The zero-order valence-corrected chi connectivity index (χ0v) is 18.1. The molecule has 2 aromatic rings. The number of benzene rings is 2. The van der Waals surface area contributed by atoms with Crippen molar-refractivity contribution in [2.45, 2.75) is 0 Å². The van der Waals surface area contributed by atoms with Crippen LogP contribution in [0.5, 0.6) is 0 Å². The minimum absolute atomic E-state index is 0.0408. The lowest BCUT2D eigenvalue weighted by molar-refractivity contribution is 0.0698. The van der Waals surface area contributed by atoms with E-state index in [4.69, 9.17) is 4.55 Å². The Labute approximate surface area is 179 Å². The number of hydrogen-bond donors (Lipinski definition) is 3. The predicted molar refractivity (Wildman–Crippen MR) is 113 cm³/mol. The van der Waals surface area contributed by atoms with E-state index in [0.717, 1.165) is 4.31 Å². The van der Waals surface area contributed by atoms with Crippen molar-refractivity contribution in [1.82, 2.24) is 0 Å². The average molecular weight is 473 g/mol. The Hall–Kier alpha value is -3.07. The first-order valence-corrected chi connectivity index (χ1v) is 11.6. The lowest BCUT2D eigenvalue weighted by Crippen LogP contribution is -2.31. The van der Waals surface area contributed by atoms with E-state index in [0.29, 0.717) is 17.1 Å². The topological polar surface area (TPSA) is 175 Å². The Morgan fingerprint density at radius 3 is 2.19 bits per heavy atom. The number of aromatic carboxylic acids is 1. The van der Waals surface area contributed by atoms with Crippen molar-refractivity contribution in [3.05, 3.63) is 48.0 Å². The molecule has 0 spiro atoms. The molecule has 0 unspecified atom stereocenters. The fourth-order valence-corrected chi connectivity index (χ4v) is 3.79. The van der Waals surface area contributed by atoms with Gasteiger partial charge in [0.2, 0.25) is 10.0 Å². The van der Waals surface area contributed by atoms with Gasteiger partial charge in [-0.3, -0.25) is 8.86 Å². The third-order valence-corrected chi connectivity index (χ3v) is 6.18. The molecular weight excluding hydrogens is 452 g/mol. The summed E-state index contributed by atoms with van der Waals surface area (Å²) in [6.07, 6.45) is 0. The van der Waals surface area contributed by atoms with Crippen molar-refractivity contribution in [2.24, 2.45) is 10.2 Å². The summed E-state index contributed by atoms with van der Waals surface area (Å²) in [6.45, 7) is -0.734. The number of sulfonamides is 1. The second kappa shape index (κ2) is 9.82. The number of nitrogens with zero attached hydrogens (tertiary/aromatic N) is 3. The molecule has 0 amide bonds. The number of hydrogen-bond acceptors (Lipinski definition) is 9. The molecule has 0 heterocycles. The first-order chi connectivity index (χ1) is 14.4. The van der Waals surface area contributed by atoms with Crippen molar-refractivity contribution in [3.8, 4) is 0 Å². The van der Waals surface area contributed by atoms with Gasteiger partial charge in [-0.1, -0.05) is 0 Å². The van der Waals surface area contributed by atoms with Crippen molar-refractivity contribution >= 4 is 49.1 Å². The summed E-state index contributed by atoms with van der Waals surface area (Å²) in [7, 11) is -5.76. The normalized spacial score (nSPS) is 12.1. The molecule has 14 heteroatoms. The Balaban J connectivity index is 2.11. The number of carboxylic acids is 1. The summed E-state index contributed by atoms with van der Waals surface area (Å²) in [4.78, 5) is 11.3. The summed E-state index contributed by atoms with van der Waals surface area (Å²) < 4.78 is 58.9. The summed E-state index contributed by atoms with van der Waals surface area (Å²) in [6, 6.07) is 10.4. The quantitative estimate of drug-likeness (QED) is 0.346. The summed E-state index contributed by atoms with van der Waals surface area (Å²) in [5, 5.41) is 20.0. The minimum atomic E-state index is -4.73. The molecule has 2 aromatic carbocycles. The van der Waals surface area contributed by atoms with Crippen molar-refractivity contribution < 1.29 is 35.5 Å². The van der Waals surface area contributed by atoms with Gasteiger partial charge < -0.3 is 10.4 Å². The van der Waals surface area contributed by atoms with E-state index in [1.54, 1.807) is 19.2 Å². The Morgan fingerprint density at radius 2 is 1.65 bits per heavy atom. The highest BCUT2D eigenvalue weighted by molar-refractivity contribution is 7.92. The predicted octanol–water partition coefficient (Wildman–Crippen LogP) is 2.43. The molecule has 0 fully saturated rings. The van der Waals surface area contributed by atoms with Crippen LogP contribution in [0.15, 0.2) is 52.7 Å². The van der Waals surface area contributed by atoms with Gasteiger partial charge in [0.25, 0.3) is 0 Å². The SMILES string of the molecule is CNc1ccc(N=Nc2ccc(N(C)S(=O)(=O)CCOS(=O)(=O)O)cc2)cc1C(=O)O. The average Bonchev–Trinajstić information content (AvgIpc) is 2.70. The van der Waals surface area contributed by atoms with E-state index in [9.17, 15) is 26.7 Å². The van der Waals surface area contributed by atoms with Crippen LogP contribution in [-0.4, -0.2) is 58.9 Å². The number of rotatable bonds is 10. The van der Waals surface area contributed by atoms with Crippen LogP contribution in [0.4, 0.5) is 22.7 Å². The van der Waals surface area contributed by atoms with E-state index >= 15 is 0 Å². The molecule has 0 aromatic heterocycles. The van der Waals surface area contributed by atoms with Crippen LogP contribution in [0.25, 0.3) is 0 Å². The monoisotopic (exact) mass is 472 g/mol. The summed E-state index contributed by atoms with van der Waals surface area (Å²) in [5.41, 5.74) is 1.45. The summed E-state index contributed by atoms with van der Waals surface area (Å²) in [5.74, 6) is -1.78. The molecule has 12 nitrogen and oxygen atoms in total.